The second kappa shape index (κ2) is 3.26. The Morgan fingerprint density at radius 1 is 1.50 bits per heavy atom. The van der Waals surface area contributed by atoms with E-state index < -0.39 is 0 Å². The summed E-state index contributed by atoms with van der Waals surface area (Å²) in [6.07, 6.45) is 0.727. The summed E-state index contributed by atoms with van der Waals surface area (Å²) in [4.78, 5) is 10.5. The van der Waals surface area contributed by atoms with Crippen LogP contribution in [0.1, 0.15) is 15.9 Å². The third-order valence-corrected chi connectivity index (χ3v) is 1.67. The Bertz CT molecular complexity index is 308. The molecule has 0 amide bonds. The number of nitrogens with two attached hydrogens (primary N) is 1. The maximum absolute atomic E-state index is 10.5. The molecule has 1 aromatic rings. The molecule has 2 N–H and O–H groups in total. The molecular formula is C9H11NO2. The zero-order chi connectivity index (χ0) is 9.14. The van der Waals surface area contributed by atoms with Gasteiger partial charge in [-0.1, -0.05) is 0 Å². The number of aryl methyl sites for hydroxylation is 1. The molecular weight excluding hydrogens is 154 g/mol. The van der Waals surface area contributed by atoms with Gasteiger partial charge in [-0.05, 0) is 24.6 Å². The van der Waals surface area contributed by atoms with E-state index >= 15 is 0 Å². The van der Waals surface area contributed by atoms with Gasteiger partial charge in [-0.2, -0.15) is 0 Å². The first-order valence-electron chi connectivity index (χ1n) is 3.58. The van der Waals surface area contributed by atoms with E-state index in [0.717, 1.165) is 11.8 Å². The summed E-state index contributed by atoms with van der Waals surface area (Å²) in [5, 5.41) is 0. The standard InChI is InChI=1S/C9H11NO2/c1-6-3-7(5-11)9(10)8(4-6)12-2/h3-5H,10H2,1-2H3. The molecule has 0 aromatic heterocycles. The lowest BCUT2D eigenvalue weighted by atomic mass is 10.1. The highest BCUT2D eigenvalue weighted by atomic mass is 16.5. The third-order valence-electron chi connectivity index (χ3n) is 1.67. The van der Waals surface area contributed by atoms with Crippen molar-refractivity contribution in [2.45, 2.75) is 6.92 Å². The molecule has 1 aromatic carbocycles. The number of carbonyl (C=O) groups is 1. The lowest BCUT2D eigenvalue weighted by molar-refractivity contribution is 0.112. The molecule has 0 saturated carbocycles. The minimum absolute atomic E-state index is 0.401. The highest BCUT2D eigenvalue weighted by Gasteiger charge is 2.05. The SMILES string of the molecule is COc1cc(C)cc(C=O)c1N. The van der Waals surface area contributed by atoms with Crippen LogP contribution in [0.15, 0.2) is 12.1 Å². The predicted molar refractivity (Wildman–Crippen MR) is 47.5 cm³/mol. The fourth-order valence-corrected chi connectivity index (χ4v) is 1.06. The first kappa shape index (κ1) is 8.59. The molecule has 3 heteroatoms. The average molecular weight is 165 g/mol. The summed E-state index contributed by atoms with van der Waals surface area (Å²) in [7, 11) is 1.53. The van der Waals surface area contributed by atoms with Crippen molar-refractivity contribution in [1.29, 1.82) is 0 Å². The Morgan fingerprint density at radius 2 is 2.17 bits per heavy atom. The summed E-state index contributed by atoms with van der Waals surface area (Å²) in [5.41, 5.74) is 7.46. The second-order valence-electron chi connectivity index (χ2n) is 2.59. The van der Waals surface area contributed by atoms with Crippen LogP contribution >= 0.6 is 0 Å². The number of hydrogen-bond donors (Lipinski definition) is 1. The Morgan fingerprint density at radius 3 is 2.67 bits per heavy atom. The monoisotopic (exact) mass is 165 g/mol. The Hall–Kier alpha value is -1.51. The van der Waals surface area contributed by atoms with Crippen LogP contribution in [-0.2, 0) is 0 Å². The quantitative estimate of drug-likeness (QED) is 0.532. The number of methoxy groups -OCH3 is 1. The van der Waals surface area contributed by atoms with Crippen molar-refractivity contribution in [1.82, 2.24) is 0 Å². The molecule has 0 atom stereocenters. The molecule has 0 spiro atoms. The molecule has 0 aliphatic heterocycles. The van der Waals surface area contributed by atoms with Crippen LogP contribution in [0.2, 0.25) is 0 Å². The fraction of sp³-hybridized carbons (Fsp3) is 0.222. The van der Waals surface area contributed by atoms with E-state index in [9.17, 15) is 4.79 Å². The topological polar surface area (TPSA) is 52.3 Å². The molecule has 0 bridgehead atoms. The van der Waals surface area contributed by atoms with E-state index in [1.165, 1.54) is 7.11 Å². The minimum atomic E-state index is 0.401. The van der Waals surface area contributed by atoms with E-state index in [1.807, 2.05) is 6.92 Å². The van der Waals surface area contributed by atoms with Crippen LogP contribution in [-0.4, -0.2) is 13.4 Å². The lowest BCUT2D eigenvalue weighted by Gasteiger charge is -2.07. The molecule has 0 aliphatic rings. The van der Waals surface area contributed by atoms with E-state index in [1.54, 1.807) is 12.1 Å². The van der Waals surface area contributed by atoms with E-state index in [0.29, 0.717) is 17.0 Å². The van der Waals surface area contributed by atoms with Crippen LogP contribution < -0.4 is 10.5 Å². The molecule has 0 unspecified atom stereocenters. The van der Waals surface area contributed by atoms with Crippen molar-refractivity contribution < 1.29 is 9.53 Å². The van der Waals surface area contributed by atoms with Crippen LogP contribution in [0.25, 0.3) is 0 Å². The van der Waals surface area contributed by atoms with Crippen molar-refractivity contribution in [3.05, 3.63) is 23.3 Å². The van der Waals surface area contributed by atoms with E-state index in [2.05, 4.69) is 0 Å². The number of aldehydes is 1. The average Bonchev–Trinajstić information content (AvgIpc) is 2.08. The maximum atomic E-state index is 10.5. The van der Waals surface area contributed by atoms with E-state index in [-0.39, 0.29) is 0 Å². The van der Waals surface area contributed by atoms with Gasteiger partial charge < -0.3 is 10.5 Å². The van der Waals surface area contributed by atoms with Gasteiger partial charge in [0.1, 0.15) is 5.75 Å². The Labute approximate surface area is 71.1 Å². The van der Waals surface area contributed by atoms with Crippen LogP contribution in [0.4, 0.5) is 5.69 Å². The molecule has 0 radical (unpaired) electrons. The van der Waals surface area contributed by atoms with Gasteiger partial charge in [-0.3, -0.25) is 4.79 Å². The van der Waals surface area contributed by atoms with Crippen molar-refractivity contribution in [2.75, 3.05) is 12.8 Å². The fourth-order valence-electron chi connectivity index (χ4n) is 1.06. The molecule has 0 fully saturated rings. The van der Waals surface area contributed by atoms with Gasteiger partial charge in [-0.15, -0.1) is 0 Å². The van der Waals surface area contributed by atoms with Gasteiger partial charge in [0.05, 0.1) is 12.8 Å². The Kier molecular flexibility index (Phi) is 2.33. The molecule has 64 valence electrons. The number of nitrogen functional groups attached to an aromatic ring is 1. The predicted octanol–water partition coefficient (Wildman–Crippen LogP) is 1.40. The van der Waals surface area contributed by atoms with Gasteiger partial charge in [-0.25, -0.2) is 0 Å². The van der Waals surface area contributed by atoms with Crippen molar-refractivity contribution in [3.8, 4) is 5.75 Å². The maximum Gasteiger partial charge on any atom is 0.152 e. The van der Waals surface area contributed by atoms with Gasteiger partial charge in [0, 0.05) is 5.56 Å². The number of hydrogen-bond acceptors (Lipinski definition) is 3. The normalized spacial score (nSPS) is 9.50. The number of rotatable bonds is 2. The molecule has 12 heavy (non-hydrogen) atoms. The summed E-state index contributed by atoms with van der Waals surface area (Å²) in [5.74, 6) is 0.553. The first-order valence-corrected chi connectivity index (χ1v) is 3.58. The first-order chi connectivity index (χ1) is 5.69. The molecule has 0 aliphatic carbocycles. The summed E-state index contributed by atoms with van der Waals surface area (Å²) in [6.45, 7) is 1.88. The number of ether oxygens (including phenoxy) is 1. The van der Waals surface area contributed by atoms with Gasteiger partial charge in [0.2, 0.25) is 0 Å². The third kappa shape index (κ3) is 1.39. The number of anilines is 1. The summed E-state index contributed by atoms with van der Waals surface area (Å²) < 4.78 is 4.98. The van der Waals surface area contributed by atoms with Crippen molar-refractivity contribution in [2.24, 2.45) is 0 Å². The zero-order valence-corrected chi connectivity index (χ0v) is 7.13. The molecule has 3 nitrogen and oxygen atoms in total. The molecule has 1 rings (SSSR count). The number of carbonyl (C=O) groups excluding carboxylic acids is 1. The van der Waals surface area contributed by atoms with Crippen molar-refractivity contribution in [3.63, 3.8) is 0 Å². The largest absolute Gasteiger partial charge is 0.495 e. The van der Waals surface area contributed by atoms with Gasteiger partial charge in [0.15, 0.2) is 6.29 Å². The van der Waals surface area contributed by atoms with Crippen LogP contribution in [0, 0.1) is 6.92 Å². The molecule has 0 saturated heterocycles. The summed E-state index contributed by atoms with van der Waals surface area (Å²) >= 11 is 0. The minimum Gasteiger partial charge on any atom is -0.495 e. The van der Waals surface area contributed by atoms with Gasteiger partial charge >= 0.3 is 0 Å². The Balaban J connectivity index is 3.31. The van der Waals surface area contributed by atoms with E-state index in [4.69, 9.17) is 10.5 Å². The summed E-state index contributed by atoms with van der Waals surface area (Å²) in [6, 6.07) is 3.52. The van der Waals surface area contributed by atoms with Crippen molar-refractivity contribution >= 4 is 12.0 Å². The zero-order valence-electron chi connectivity index (χ0n) is 7.13. The lowest BCUT2D eigenvalue weighted by Crippen LogP contribution is -1.98. The number of benzene rings is 1. The van der Waals surface area contributed by atoms with Gasteiger partial charge in [0.25, 0.3) is 0 Å². The van der Waals surface area contributed by atoms with Crippen LogP contribution in [0.5, 0.6) is 5.75 Å². The molecule has 0 heterocycles. The second-order valence-corrected chi connectivity index (χ2v) is 2.59. The highest BCUT2D eigenvalue weighted by Crippen LogP contribution is 2.25. The smallest absolute Gasteiger partial charge is 0.152 e. The highest BCUT2D eigenvalue weighted by molar-refractivity contribution is 5.86. The van der Waals surface area contributed by atoms with Crippen LogP contribution in [0.3, 0.4) is 0 Å².